The van der Waals surface area contributed by atoms with E-state index in [0.717, 1.165) is 12.1 Å². The third-order valence-corrected chi connectivity index (χ3v) is 5.39. The van der Waals surface area contributed by atoms with Crippen LogP contribution in [0.25, 0.3) is 0 Å². The standard InChI is InChI=1S/C22H27NO5/c1-12-18(21(25)28-6)19(14-9-13(26-4)7-8-17(14)27-5)20-15(23-12)10-22(2,3)11-16(20)24/h7-9,19,23H,10-11H2,1-6H3/t19-/m0/s1. The van der Waals surface area contributed by atoms with E-state index in [4.69, 9.17) is 14.2 Å². The monoisotopic (exact) mass is 385 g/mol. The molecule has 1 aromatic carbocycles. The number of methoxy groups -OCH3 is 3. The van der Waals surface area contributed by atoms with Crippen LogP contribution in [0.15, 0.2) is 40.7 Å². The van der Waals surface area contributed by atoms with Crippen molar-refractivity contribution < 1.29 is 23.8 Å². The van der Waals surface area contributed by atoms with Crippen LogP contribution in [0, 0.1) is 5.41 Å². The minimum Gasteiger partial charge on any atom is -0.497 e. The molecule has 1 atom stereocenters. The fraction of sp³-hybridized carbons (Fsp3) is 0.455. The highest BCUT2D eigenvalue weighted by molar-refractivity contribution is 6.04. The van der Waals surface area contributed by atoms with Gasteiger partial charge in [0.1, 0.15) is 11.5 Å². The summed E-state index contributed by atoms with van der Waals surface area (Å²) in [6, 6.07) is 5.40. The number of allylic oxidation sites excluding steroid dienone is 3. The summed E-state index contributed by atoms with van der Waals surface area (Å²) in [5.74, 6) is 0.206. The van der Waals surface area contributed by atoms with Crippen molar-refractivity contribution in [1.29, 1.82) is 0 Å². The molecule has 1 aromatic rings. The van der Waals surface area contributed by atoms with E-state index in [9.17, 15) is 9.59 Å². The van der Waals surface area contributed by atoms with Gasteiger partial charge in [0.25, 0.3) is 0 Å². The molecule has 1 N–H and O–H groups in total. The van der Waals surface area contributed by atoms with E-state index in [2.05, 4.69) is 19.2 Å². The molecule has 6 nitrogen and oxygen atoms in total. The van der Waals surface area contributed by atoms with Gasteiger partial charge in [-0.05, 0) is 37.0 Å². The summed E-state index contributed by atoms with van der Waals surface area (Å²) in [6.45, 7) is 5.99. The molecule has 1 heterocycles. The number of hydrogen-bond acceptors (Lipinski definition) is 6. The Kier molecular flexibility index (Phi) is 5.24. The fourth-order valence-corrected chi connectivity index (χ4v) is 4.19. The van der Waals surface area contributed by atoms with Crippen molar-refractivity contribution in [3.63, 3.8) is 0 Å². The predicted molar refractivity (Wildman–Crippen MR) is 105 cm³/mol. The molecule has 0 unspecified atom stereocenters. The first-order valence-corrected chi connectivity index (χ1v) is 9.26. The number of hydrogen-bond donors (Lipinski definition) is 1. The summed E-state index contributed by atoms with van der Waals surface area (Å²) < 4.78 is 16.0. The maximum Gasteiger partial charge on any atom is 0.336 e. The molecule has 1 aliphatic carbocycles. The topological polar surface area (TPSA) is 73.9 Å². The summed E-state index contributed by atoms with van der Waals surface area (Å²) in [6.07, 6.45) is 1.15. The molecule has 0 saturated heterocycles. The van der Waals surface area contributed by atoms with Crippen LogP contribution in [-0.4, -0.2) is 33.1 Å². The number of ketones is 1. The summed E-state index contributed by atoms with van der Waals surface area (Å²) in [5, 5.41) is 3.30. The molecule has 0 spiro atoms. The molecule has 2 aliphatic rings. The first-order valence-electron chi connectivity index (χ1n) is 9.26. The van der Waals surface area contributed by atoms with Crippen LogP contribution >= 0.6 is 0 Å². The Morgan fingerprint density at radius 1 is 1.14 bits per heavy atom. The van der Waals surface area contributed by atoms with Crippen molar-refractivity contribution in [3.8, 4) is 11.5 Å². The zero-order valence-electron chi connectivity index (χ0n) is 17.3. The number of carbonyl (C=O) groups is 2. The van der Waals surface area contributed by atoms with Crippen LogP contribution in [0.5, 0.6) is 11.5 Å². The Morgan fingerprint density at radius 3 is 2.46 bits per heavy atom. The number of esters is 1. The summed E-state index contributed by atoms with van der Waals surface area (Å²) in [5.41, 5.74) is 3.14. The second kappa shape index (κ2) is 7.34. The van der Waals surface area contributed by atoms with Crippen LogP contribution in [-0.2, 0) is 14.3 Å². The lowest BCUT2D eigenvalue weighted by Crippen LogP contribution is -2.38. The fourth-order valence-electron chi connectivity index (χ4n) is 4.19. The van der Waals surface area contributed by atoms with E-state index in [1.807, 2.05) is 13.0 Å². The van der Waals surface area contributed by atoms with Crippen LogP contribution in [0.3, 0.4) is 0 Å². The maximum absolute atomic E-state index is 13.2. The molecule has 0 amide bonds. The Morgan fingerprint density at radius 2 is 1.86 bits per heavy atom. The van der Waals surface area contributed by atoms with Gasteiger partial charge >= 0.3 is 5.97 Å². The van der Waals surface area contributed by atoms with Crippen molar-refractivity contribution in [3.05, 3.63) is 46.3 Å². The number of nitrogens with one attached hydrogen (secondary N) is 1. The highest BCUT2D eigenvalue weighted by atomic mass is 16.5. The quantitative estimate of drug-likeness (QED) is 0.800. The average molecular weight is 385 g/mol. The van der Waals surface area contributed by atoms with Gasteiger partial charge in [-0.25, -0.2) is 4.79 Å². The Labute approximate surface area is 165 Å². The lowest BCUT2D eigenvalue weighted by atomic mass is 9.68. The largest absolute Gasteiger partial charge is 0.497 e. The second-order valence-electron chi connectivity index (χ2n) is 8.03. The van der Waals surface area contributed by atoms with Gasteiger partial charge in [-0.1, -0.05) is 13.8 Å². The summed E-state index contributed by atoms with van der Waals surface area (Å²) in [4.78, 5) is 25.9. The van der Waals surface area contributed by atoms with Crippen molar-refractivity contribution in [2.24, 2.45) is 5.41 Å². The van der Waals surface area contributed by atoms with Gasteiger partial charge in [-0.15, -0.1) is 0 Å². The SMILES string of the molecule is COC(=O)C1=C(C)NC2=C(C(=O)CC(C)(C)C2)[C@H]1c1cc(OC)ccc1OC. The molecule has 28 heavy (non-hydrogen) atoms. The molecule has 3 rings (SSSR count). The summed E-state index contributed by atoms with van der Waals surface area (Å²) in [7, 11) is 4.50. The number of carbonyl (C=O) groups excluding carboxylic acids is 2. The molecule has 6 heteroatoms. The number of dihydropyridines is 1. The first-order chi connectivity index (χ1) is 13.2. The highest BCUT2D eigenvalue weighted by Gasteiger charge is 2.44. The molecule has 0 radical (unpaired) electrons. The van der Waals surface area contributed by atoms with Crippen molar-refractivity contribution in [2.75, 3.05) is 21.3 Å². The van der Waals surface area contributed by atoms with Gasteiger partial charge < -0.3 is 19.5 Å². The molecule has 0 aromatic heterocycles. The maximum atomic E-state index is 13.2. The van der Waals surface area contributed by atoms with Crippen molar-refractivity contribution in [2.45, 2.75) is 39.5 Å². The van der Waals surface area contributed by atoms with Gasteiger partial charge in [0, 0.05) is 29.0 Å². The third kappa shape index (κ3) is 3.39. The molecule has 0 fully saturated rings. The molecular formula is C22H27NO5. The smallest absolute Gasteiger partial charge is 0.336 e. The molecule has 0 bridgehead atoms. The van der Waals surface area contributed by atoms with Crippen molar-refractivity contribution >= 4 is 11.8 Å². The minimum absolute atomic E-state index is 0.0301. The van der Waals surface area contributed by atoms with E-state index in [0.29, 0.717) is 40.3 Å². The van der Waals surface area contributed by atoms with E-state index in [1.54, 1.807) is 26.4 Å². The number of rotatable bonds is 4. The van der Waals surface area contributed by atoms with Gasteiger partial charge in [-0.2, -0.15) is 0 Å². The van der Waals surface area contributed by atoms with Gasteiger partial charge in [0.2, 0.25) is 0 Å². The Bertz CT molecular complexity index is 894. The normalized spacial score (nSPS) is 21.1. The molecule has 150 valence electrons. The lowest BCUT2D eigenvalue weighted by Gasteiger charge is -2.39. The van der Waals surface area contributed by atoms with E-state index < -0.39 is 11.9 Å². The highest BCUT2D eigenvalue weighted by Crippen LogP contribution is 2.49. The number of ether oxygens (including phenoxy) is 3. The van der Waals surface area contributed by atoms with Crippen LogP contribution in [0.1, 0.15) is 45.1 Å². The Hall–Kier alpha value is -2.76. The third-order valence-electron chi connectivity index (χ3n) is 5.39. The first kappa shape index (κ1) is 20.0. The lowest BCUT2D eigenvalue weighted by molar-refractivity contribution is -0.136. The Balaban J connectivity index is 2.28. The van der Waals surface area contributed by atoms with Gasteiger partial charge in [0.05, 0.1) is 32.8 Å². The average Bonchev–Trinajstić information content (AvgIpc) is 2.64. The van der Waals surface area contributed by atoms with E-state index in [1.165, 1.54) is 7.11 Å². The number of benzene rings is 1. The van der Waals surface area contributed by atoms with Gasteiger partial charge in [-0.3, -0.25) is 4.79 Å². The second-order valence-corrected chi connectivity index (χ2v) is 8.03. The molecular weight excluding hydrogens is 358 g/mol. The molecule has 1 aliphatic heterocycles. The van der Waals surface area contributed by atoms with Crippen LogP contribution in [0.4, 0.5) is 0 Å². The van der Waals surface area contributed by atoms with Crippen molar-refractivity contribution in [1.82, 2.24) is 5.32 Å². The minimum atomic E-state index is -0.572. The zero-order chi connectivity index (χ0) is 20.6. The van der Waals surface area contributed by atoms with Crippen LogP contribution in [0.2, 0.25) is 0 Å². The number of Topliss-reactive ketones (excluding diaryl/α,β-unsaturated/α-hetero) is 1. The van der Waals surface area contributed by atoms with Gasteiger partial charge in [0.15, 0.2) is 5.78 Å². The van der Waals surface area contributed by atoms with E-state index >= 15 is 0 Å². The van der Waals surface area contributed by atoms with E-state index in [-0.39, 0.29) is 11.2 Å². The molecule has 0 saturated carbocycles. The summed E-state index contributed by atoms with van der Waals surface area (Å²) >= 11 is 0. The predicted octanol–water partition coefficient (Wildman–Crippen LogP) is 3.48. The zero-order valence-corrected chi connectivity index (χ0v) is 17.3. The van der Waals surface area contributed by atoms with Crippen LogP contribution < -0.4 is 14.8 Å².